The summed E-state index contributed by atoms with van der Waals surface area (Å²) in [5.41, 5.74) is 1.78. The number of carbonyl (C=O) groups excluding carboxylic acids is 1. The van der Waals surface area contributed by atoms with Crippen LogP contribution in [0.1, 0.15) is 23.7 Å². The molecule has 1 aromatic heterocycles. The summed E-state index contributed by atoms with van der Waals surface area (Å²) in [6, 6.07) is 15.6. The number of amides is 1. The van der Waals surface area contributed by atoms with E-state index in [2.05, 4.69) is 34.3 Å². The molecule has 5 heteroatoms. The number of carbonyl (C=O) groups is 1. The van der Waals surface area contributed by atoms with E-state index in [-0.39, 0.29) is 5.91 Å². The molecule has 2 aromatic carbocycles. The van der Waals surface area contributed by atoms with Crippen LogP contribution in [0.15, 0.2) is 54.7 Å². The van der Waals surface area contributed by atoms with Gasteiger partial charge in [0.1, 0.15) is 0 Å². The van der Waals surface area contributed by atoms with E-state index in [0.717, 1.165) is 13.0 Å². The fourth-order valence-electron chi connectivity index (χ4n) is 2.97. The van der Waals surface area contributed by atoms with Crippen LogP contribution in [0, 0.1) is 0 Å². The van der Waals surface area contributed by atoms with Crippen molar-refractivity contribution in [2.45, 2.75) is 19.9 Å². The van der Waals surface area contributed by atoms with Crippen molar-refractivity contribution in [2.24, 2.45) is 0 Å². The van der Waals surface area contributed by atoms with Gasteiger partial charge >= 0.3 is 0 Å². The molecule has 0 radical (unpaired) electrons. The first-order valence-electron chi connectivity index (χ1n) is 8.86. The molecular weight excluding hydrogens is 328 g/mol. The molecule has 1 amide bonds. The number of rotatable bonds is 8. The molecule has 0 saturated carbocycles. The number of fused-ring (bicyclic) bond motifs is 1. The highest BCUT2D eigenvalue weighted by Gasteiger charge is 2.10. The fraction of sp³-hybridized carbons (Fsp3) is 0.286. The number of hydrogen-bond acceptors (Lipinski definition) is 3. The number of hydrogen-bond donors (Lipinski definition) is 1. The van der Waals surface area contributed by atoms with Gasteiger partial charge in [-0.3, -0.25) is 4.79 Å². The fourth-order valence-corrected chi connectivity index (χ4v) is 2.97. The maximum atomic E-state index is 12.3. The molecule has 0 saturated heterocycles. The molecule has 0 aliphatic rings. The minimum atomic E-state index is -0.108. The van der Waals surface area contributed by atoms with Crippen molar-refractivity contribution in [2.75, 3.05) is 20.3 Å². The van der Waals surface area contributed by atoms with Crippen LogP contribution in [0.25, 0.3) is 10.9 Å². The molecule has 0 spiro atoms. The molecule has 3 aromatic rings. The number of aryl methyl sites for hydroxylation is 1. The minimum Gasteiger partial charge on any atom is -0.493 e. The van der Waals surface area contributed by atoms with Crippen LogP contribution in [0.4, 0.5) is 0 Å². The predicted octanol–water partition coefficient (Wildman–Crippen LogP) is 3.87. The van der Waals surface area contributed by atoms with Gasteiger partial charge in [0, 0.05) is 30.4 Å². The average Bonchev–Trinajstić information content (AvgIpc) is 3.09. The molecule has 0 aliphatic heterocycles. The van der Waals surface area contributed by atoms with E-state index in [1.807, 2.05) is 19.1 Å². The van der Waals surface area contributed by atoms with Gasteiger partial charge in [-0.2, -0.15) is 0 Å². The SMILES string of the molecule is CCOc1ccc(C(=O)NCCCn2ccc3ccccc32)cc1OC. The third kappa shape index (κ3) is 3.99. The van der Waals surface area contributed by atoms with Crippen LogP contribution in [-0.4, -0.2) is 30.7 Å². The van der Waals surface area contributed by atoms with E-state index in [0.29, 0.717) is 30.2 Å². The van der Waals surface area contributed by atoms with Gasteiger partial charge in [0.05, 0.1) is 13.7 Å². The van der Waals surface area contributed by atoms with Gasteiger partial charge in [-0.1, -0.05) is 18.2 Å². The van der Waals surface area contributed by atoms with Crippen LogP contribution in [0.3, 0.4) is 0 Å². The lowest BCUT2D eigenvalue weighted by molar-refractivity contribution is 0.0952. The summed E-state index contributed by atoms with van der Waals surface area (Å²) < 4.78 is 13.0. The molecule has 5 nitrogen and oxygen atoms in total. The Morgan fingerprint density at radius 3 is 2.77 bits per heavy atom. The van der Waals surface area contributed by atoms with Gasteiger partial charge in [0.25, 0.3) is 5.91 Å². The first kappa shape index (κ1) is 17.9. The van der Waals surface area contributed by atoms with Crippen LogP contribution in [0.5, 0.6) is 11.5 Å². The third-order valence-electron chi connectivity index (χ3n) is 4.27. The number of nitrogens with zero attached hydrogens (tertiary/aromatic N) is 1. The highest BCUT2D eigenvalue weighted by molar-refractivity contribution is 5.94. The largest absolute Gasteiger partial charge is 0.493 e. The Balaban J connectivity index is 1.54. The van der Waals surface area contributed by atoms with Gasteiger partial charge in [0.2, 0.25) is 0 Å². The minimum absolute atomic E-state index is 0.108. The lowest BCUT2D eigenvalue weighted by atomic mass is 10.2. The van der Waals surface area contributed by atoms with Crippen LogP contribution >= 0.6 is 0 Å². The summed E-state index contributed by atoms with van der Waals surface area (Å²) in [6.45, 7) is 3.94. The first-order chi connectivity index (χ1) is 12.7. The van der Waals surface area contributed by atoms with E-state index in [1.54, 1.807) is 25.3 Å². The summed E-state index contributed by atoms with van der Waals surface area (Å²) in [7, 11) is 1.57. The number of aromatic nitrogens is 1. The van der Waals surface area contributed by atoms with Crippen molar-refractivity contribution >= 4 is 16.8 Å². The molecule has 1 heterocycles. The number of para-hydroxylation sites is 1. The van der Waals surface area contributed by atoms with E-state index in [4.69, 9.17) is 9.47 Å². The van der Waals surface area contributed by atoms with Crippen molar-refractivity contribution in [3.8, 4) is 11.5 Å². The van der Waals surface area contributed by atoms with Gasteiger partial charge in [-0.05, 0) is 49.1 Å². The molecule has 136 valence electrons. The second-order valence-electron chi connectivity index (χ2n) is 5.98. The van der Waals surface area contributed by atoms with Crippen LogP contribution in [-0.2, 0) is 6.54 Å². The van der Waals surface area contributed by atoms with E-state index >= 15 is 0 Å². The van der Waals surface area contributed by atoms with Crippen LogP contribution < -0.4 is 14.8 Å². The lowest BCUT2D eigenvalue weighted by Gasteiger charge is -2.11. The Morgan fingerprint density at radius 1 is 1.12 bits per heavy atom. The summed E-state index contributed by atoms with van der Waals surface area (Å²) in [4.78, 5) is 12.3. The summed E-state index contributed by atoms with van der Waals surface area (Å²) >= 11 is 0. The second kappa shape index (κ2) is 8.43. The van der Waals surface area contributed by atoms with Crippen molar-refractivity contribution in [1.29, 1.82) is 0 Å². The molecule has 0 unspecified atom stereocenters. The quantitative estimate of drug-likeness (QED) is 0.626. The van der Waals surface area contributed by atoms with Crippen LogP contribution in [0.2, 0.25) is 0 Å². The topological polar surface area (TPSA) is 52.5 Å². The highest BCUT2D eigenvalue weighted by atomic mass is 16.5. The zero-order valence-corrected chi connectivity index (χ0v) is 15.2. The summed E-state index contributed by atoms with van der Waals surface area (Å²) in [6.07, 6.45) is 2.95. The van der Waals surface area contributed by atoms with Gasteiger partial charge in [-0.15, -0.1) is 0 Å². The second-order valence-corrected chi connectivity index (χ2v) is 5.98. The molecule has 26 heavy (non-hydrogen) atoms. The highest BCUT2D eigenvalue weighted by Crippen LogP contribution is 2.28. The number of benzene rings is 2. The Labute approximate surface area is 153 Å². The number of nitrogens with one attached hydrogen (secondary N) is 1. The monoisotopic (exact) mass is 352 g/mol. The molecule has 0 aliphatic carbocycles. The molecular formula is C21H24N2O3. The molecule has 0 fully saturated rings. The maximum Gasteiger partial charge on any atom is 0.251 e. The third-order valence-corrected chi connectivity index (χ3v) is 4.27. The van der Waals surface area contributed by atoms with Gasteiger partial charge < -0.3 is 19.4 Å². The maximum absolute atomic E-state index is 12.3. The molecule has 0 atom stereocenters. The number of methoxy groups -OCH3 is 1. The van der Waals surface area contributed by atoms with Crippen molar-refractivity contribution < 1.29 is 14.3 Å². The van der Waals surface area contributed by atoms with Crippen molar-refractivity contribution in [3.63, 3.8) is 0 Å². The Morgan fingerprint density at radius 2 is 1.96 bits per heavy atom. The summed E-state index contributed by atoms with van der Waals surface area (Å²) in [5, 5.41) is 4.20. The van der Waals surface area contributed by atoms with E-state index in [9.17, 15) is 4.79 Å². The molecule has 1 N–H and O–H groups in total. The Kier molecular flexibility index (Phi) is 5.79. The van der Waals surface area contributed by atoms with Gasteiger partial charge in [0.15, 0.2) is 11.5 Å². The van der Waals surface area contributed by atoms with E-state index in [1.165, 1.54) is 10.9 Å². The first-order valence-corrected chi connectivity index (χ1v) is 8.86. The normalized spacial score (nSPS) is 10.7. The molecule has 0 bridgehead atoms. The lowest BCUT2D eigenvalue weighted by Crippen LogP contribution is -2.25. The zero-order valence-electron chi connectivity index (χ0n) is 15.2. The Bertz CT molecular complexity index is 886. The average molecular weight is 352 g/mol. The molecule has 3 rings (SSSR count). The Hall–Kier alpha value is -2.95. The predicted molar refractivity (Wildman–Crippen MR) is 103 cm³/mol. The van der Waals surface area contributed by atoms with E-state index < -0.39 is 0 Å². The number of ether oxygens (including phenoxy) is 2. The van der Waals surface area contributed by atoms with Gasteiger partial charge in [-0.25, -0.2) is 0 Å². The summed E-state index contributed by atoms with van der Waals surface area (Å²) in [5.74, 6) is 1.10. The van der Waals surface area contributed by atoms with Crippen molar-refractivity contribution in [3.05, 3.63) is 60.3 Å². The smallest absolute Gasteiger partial charge is 0.251 e. The van der Waals surface area contributed by atoms with Crippen molar-refractivity contribution in [1.82, 2.24) is 9.88 Å². The standard InChI is InChI=1S/C21H24N2O3/c1-3-26-19-10-9-17(15-20(19)25-2)21(24)22-12-6-13-23-14-11-16-7-4-5-8-18(16)23/h4-5,7-11,14-15H,3,6,12-13H2,1-2H3,(H,22,24). The zero-order chi connectivity index (χ0) is 18.4.